The first-order chi connectivity index (χ1) is 15.7. The summed E-state index contributed by atoms with van der Waals surface area (Å²) >= 11 is 6.00. The minimum absolute atomic E-state index is 0.119. The Morgan fingerprint density at radius 3 is 2.27 bits per heavy atom. The lowest BCUT2D eigenvalue weighted by molar-refractivity contribution is -0.147. The first-order valence-electron chi connectivity index (χ1n) is 10.4. The number of esters is 2. The van der Waals surface area contributed by atoms with Crippen LogP contribution in [-0.4, -0.2) is 37.0 Å². The molecule has 0 unspecified atom stereocenters. The number of nitrogens with one attached hydrogen (secondary N) is 2. The molecule has 2 aromatic carbocycles. The van der Waals surface area contributed by atoms with E-state index < -0.39 is 30.4 Å². The van der Waals surface area contributed by atoms with Crippen molar-refractivity contribution in [3.05, 3.63) is 58.6 Å². The number of hydrogen-bond acceptors (Lipinski definition) is 6. The summed E-state index contributed by atoms with van der Waals surface area (Å²) in [5.74, 6) is -1.78. The molecule has 0 atom stereocenters. The number of benzene rings is 2. The topological polar surface area (TPSA) is 111 Å². The average Bonchev–Trinajstić information content (AvgIpc) is 2.78. The molecule has 2 N–H and O–H groups in total. The highest BCUT2D eigenvalue weighted by molar-refractivity contribution is 6.31. The molecular formula is C24H27ClN2O6. The van der Waals surface area contributed by atoms with E-state index in [1.807, 2.05) is 13.8 Å². The highest BCUT2D eigenvalue weighted by Crippen LogP contribution is 2.22. The van der Waals surface area contributed by atoms with Crippen LogP contribution in [0.5, 0.6) is 0 Å². The van der Waals surface area contributed by atoms with E-state index in [0.29, 0.717) is 34.1 Å². The molecule has 2 aromatic rings. The van der Waals surface area contributed by atoms with Crippen LogP contribution < -0.4 is 10.6 Å². The Labute approximate surface area is 197 Å². The van der Waals surface area contributed by atoms with Crippen LogP contribution in [0.1, 0.15) is 42.6 Å². The maximum Gasteiger partial charge on any atom is 0.338 e. The fourth-order valence-electron chi connectivity index (χ4n) is 2.60. The van der Waals surface area contributed by atoms with Gasteiger partial charge in [0.25, 0.3) is 5.91 Å². The second-order valence-corrected chi connectivity index (χ2v) is 8.15. The predicted molar refractivity (Wildman–Crippen MR) is 125 cm³/mol. The molecular weight excluding hydrogens is 448 g/mol. The molecule has 0 radical (unpaired) electrons. The number of anilines is 2. The quantitative estimate of drug-likeness (QED) is 0.495. The van der Waals surface area contributed by atoms with Gasteiger partial charge in [-0.3, -0.25) is 14.4 Å². The average molecular weight is 475 g/mol. The lowest BCUT2D eigenvalue weighted by Crippen LogP contribution is -2.22. The second-order valence-electron chi connectivity index (χ2n) is 7.74. The van der Waals surface area contributed by atoms with Gasteiger partial charge in [0.2, 0.25) is 5.91 Å². The van der Waals surface area contributed by atoms with Gasteiger partial charge < -0.3 is 20.1 Å². The summed E-state index contributed by atoms with van der Waals surface area (Å²) in [5.41, 5.74) is 2.09. The third kappa shape index (κ3) is 8.94. The molecule has 0 fully saturated rings. The van der Waals surface area contributed by atoms with Gasteiger partial charge in [-0.25, -0.2) is 4.79 Å². The minimum atomic E-state index is -0.675. The molecule has 0 aliphatic rings. The summed E-state index contributed by atoms with van der Waals surface area (Å²) < 4.78 is 10.1. The van der Waals surface area contributed by atoms with Gasteiger partial charge in [-0.1, -0.05) is 31.5 Å². The van der Waals surface area contributed by atoms with E-state index in [0.717, 1.165) is 0 Å². The van der Waals surface area contributed by atoms with Crippen LogP contribution >= 0.6 is 11.6 Å². The highest BCUT2D eigenvalue weighted by atomic mass is 35.5. The lowest BCUT2D eigenvalue weighted by Gasteiger charge is -2.10. The Morgan fingerprint density at radius 1 is 0.909 bits per heavy atom. The van der Waals surface area contributed by atoms with Crippen molar-refractivity contribution >= 4 is 46.7 Å². The zero-order chi connectivity index (χ0) is 24.4. The van der Waals surface area contributed by atoms with Crippen LogP contribution in [0.3, 0.4) is 0 Å². The molecule has 0 saturated heterocycles. The van der Waals surface area contributed by atoms with Crippen molar-refractivity contribution in [2.45, 2.75) is 33.6 Å². The van der Waals surface area contributed by atoms with Crippen LogP contribution in [0.25, 0.3) is 0 Å². The molecule has 0 aromatic heterocycles. The molecule has 0 bridgehead atoms. The van der Waals surface area contributed by atoms with Gasteiger partial charge in [-0.2, -0.15) is 0 Å². The van der Waals surface area contributed by atoms with E-state index in [-0.39, 0.29) is 18.8 Å². The van der Waals surface area contributed by atoms with Crippen molar-refractivity contribution in [2.75, 3.05) is 23.8 Å². The van der Waals surface area contributed by atoms with Crippen molar-refractivity contribution in [3.8, 4) is 0 Å². The van der Waals surface area contributed by atoms with Crippen molar-refractivity contribution in [2.24, 2.45) is 5.92 Å². The third-order valence-corrected chi connectivity index (χ3v) is 4.82. The van der Waals surface area contributed by atoms with E-state index in [2.05, 4.69) is 10.6 Å². The van der Waals surface area contributed by atoms with E-state index in [1.165, 1.54) is 0 Å². The van der Waals surface area contributed by atoms with Gasteiger partial charge in [0.05, 0.1) is 18.6 Å². The lowest BCUT2D eigenvalue weighted by atomic mass is 10.2. The number of carbonyl (C=O) groups is 4. The van der Waals surface area contributed by atoms with Crippen LogP contribution in [0, 0.1) is 12.8 Å². The minimum Gasteiger partial charge on any atom is -0.462 e. The normalized spacial score (nSPS) is 10.5. The number of amides is 2. The summed E-state index contributed by atoms with van der Waals surface area (Å²) in [5, 5.41) is 5.76. The number of carbonyl (C=O) groups excluding carboxylic acids is 4. The second kappa shape index (κ2) is 12.6. The Kier molecular flexibility index (Phi) is 9.87. The van der Waals surface area contributed by atoms with Gasteiger partial charge in [0.15, 0.2) is 6.61 Å². The van der Waals surface area contributed by atoms with Gasteiger partial charge in [-0.05, 0) is 54.8 Å². The number of hydrogen-bond donors (Lipinski definition) is 2. The molecule has 33 heavy (non-hydrogen) atoms. The zero-order valence-corrected chi connectivity index (χ0v) is 19.5. The fourth-order valence-corrected chi connectivity index (χ4v) is 2.78. The maximum absolute atomic E-state index is 12.1. The van der Waals surface area contributed by atoms with Gasteiger partial charge in [-0.15, -0.1) is 0 Å². The van der Waals surface area contributed by atoms with E-state index in [1.54, 1.807) is 49.4 Å². The summed E-state index contributed by atoms with van der Waals surface area (Å²) in [6.07, 6.45) is -0.305. The zero-order valence-electron chi connectivity index (χ0n) is 18.8. The van der Waals surface area contributed by atoms with Crippen LogP contribution in [0.4, 0.5) is 11.4 Å². The fraction of sp³-hybridized carbons (Fsp3) is 0.333. The molecule has 0 heterocycles. The number of halogens is 1. The summed E-state index contributed by atoms with van der Waals surface area (Å²) in [7, 11) is 0. The smallest absolute Gasteiger partial charge is 0.338 e. The van der Waals surface area contributed by atoms with Crippen LogP contribution in [-0.2, 0) is 23.9 Å². The first-order valence-corrected chi connectivity index (χ1v) is 10.8. The van der Waals surface area contributed by atoms with E-state index in [9.17, 15) is 19.2 Å². The molecule has 176 valence electrons. The Morgan fingerprint density at radius 2 is 1.61 bits per heavy atom. The molecule has 8 nitrogen and oxygen atoms in total. The summed E-state index contributed by atoms with van der Waals surface area (Å²) in [4.78, 5) is 47.8. The first kappa shape index (κ1) is 25.9. The largest absolute Gasteiger partial charge is 0.462 e. The maximum atomic E-state index is 12.1. The Hall–Kier alpha value is -3.39. The Bertz CT molecular complexity index is 1000. The molecule has 0 aliphatic heterocycles. The van der Waals surface area contributed by atoms with E-state index >= 15 is 0 Å². The van der Waals surface area contributed by atoms with Crippen molar-refractivity contribution in [1.82, 2.24) is 0 Å². The summed E-state index contributed by atoms with van der Waals surface area (Å²) in [6.45, 7) is 5.50. The SMILES string of the molecule is Cc1c(Cl)cccc1NC(=O)COC(=O)CCC(=O)Nc1ccc(C(=O)OCC(C)C)cc1. The molecule has 0 saturated carbocycles. The van der Waals surface area contributed by atoms with Gasteiger partial charge in [0, 0.05) is 22.8 Å². The predicted octanol–water partition coefficient (Wildman–Crippen LogP) is 4.36. The van der Waals surface area contributed by atoms with Crippen LogP contribution in [0.15, 0.2) is 42.5 Å². The van der Waals surface area contributed by atoms with Crippen LogP contribution in [0.2, 0.25) is 5.02 Å². The number of rotatable bonds is 10. The third-order valence-electron chi connectivity index (χ3n) is 4.41. The molecule has 9 heteroatoms. The highest BCUT2D eigenvalue weighted by Gasteiger charge is 2.13. The standard InChI is InChI=1S/C24H27ClN2O6/c1-15(2)13-33-24(31)17-7-9-18(10-8-17)26-21(28)11-12-23(30)32-14-22(29)27-20-6-4-5-19(25)16(20)3/h4-10,15H,11-14H2,1-3H3,(H,26,28)(H,27,29). The Balaban J connectivity index is 1.71. The summed E-state index contributed by atoms with van der Waals surface area (Å²) in [6, 6.07) is 11.3. The van der Waals surface area contributed by atoms with Crippen molar-refractivity contribution in [1.29, 1.82) is 0 Å². The van der Waals surface area contributed by atoms with E-state index in [4.69, 9.17) is 21.1 Å². The monoisotopic (exact) mass is 474 g/mol. The van der Waals surface area contributed by atoms with Crippen molar-refractivity contribution < 1.29 is 28.7 Å². The van der Waals surface area contributed by atoms with Gasteiger partial charge in [0.1, 0.15) is 0 Å². The molecule has 2 rings (SSSR count). The molecule has 0 aliphatic carbocycles. The molecule has 0 spiro atoms. The number of ether oxygens (including phenoxy) is 2. The van der Waals surface area contributed by atoms with Crippen molar-refractivity contribution in [3.63, 3.8) is 0 Å². The van der Waals surface area contributed by atoms with Gasteiger partial charge >= 0.3 is 11.9 Å². The molecule has 2 amide bonds.